The second kappa shape index (κ2) is 7.39. The van der Waals surface area contributed by atoms with E-state index in [-0.39, 0.29) is 23.5 Å². The highest BCUT2D eigenvalue weighted by Gasteiger charge is 2.27. The Morgan fingerprint density at radius 2 is 1.96 bits per heavy atom. The molecule has 0 aromatic heterocycles. The van der Waals surface area contributed by atoms with Gasteiger partial charge in [0.2, 0.25) is 5.91 Å². The van der Waals surface area contributed by atoms with Crippen molar-refractivity contribution in [2.45, 2.75) is 32.3 Å². The molecule has 2 rings (SSSR count). The zero-order chi connectivity index (χ0) is 17.0. The Kier molecular flexibility index (Phi) is 5.52. The molecule has 0 aliphatic carbocycles. The number of hydrogen-bond donors (Lipinski definition) is 1. The number of halogens is 2. The van der Waals surface area contributed by atoms with Gasteiger partial charge in [-0.05, 0) is 37.8 Å². The van der Waals surface area contributed by atoms with Crippen LogP contribution in [-0.2, 0) is 9.59 Å². The van der Waals surface area contributed by atoms with Crippen molar-refractivity contribution in [3.05, 3.63) is 29.8 Å². The van der Waals surface area contributed by atoms with Gasteiger partial charge < -0.3 is 15.4 Å². The second-order valence-electron chi connectivity index (χ2n) is 5.78. The zero-order valence-corrected chi connectivity index (χ0v) is 12.9. The minimum atomic E-state index is -1.02. The molecule has 1 heterocycles. The molecular formula is C16H20F2N2O3. The van der Waals surface area contributed by atoms with Crippen LogP contribution in [0.3, 0.4) is 0 Å². The Labute approximate surface area is 133 Å². The van der Waals surface area contributed by atoms with Crippen molar-refractivity contribution < 1.29 is 23.1 Å². The largest absolute Gasteiger partial charge is 0.481 e. The van der Waals surface area contributed by atoms with Crippen LogP contribution >= 0.6 is 0 Å². The molecule has 126 valence electrons. The lowest BCUT2D eigenvalue weighted by Gasteiger charge is -2.33. The molecule has 1 aliphatic heterocycles. The van der Waals surface area contributed by atoms with E-state index in [1.165, 1.54) is 6.07 Å². The van der Waals surface area contributed by atoms with Gasteiger partial charge in [0, 0.05) is 25.6 Å². The smallest absolute Gasteiger partial charge is 0.263 e. The normalized spacial score (nSPS) is 16.9. The van der Waals surface area contributed by atoms with Crippen molar-refractivity contribution in [3.63, 3.8) is 0 Å². The molecule has 1 atom stereocenters. The topological polar surface area (TPSA) is 72.6 Å². The third kappa shape index (κ3) is 4.64. The molecule has 1 aromatic carbocycles. The third-order valence-corrected chi connectivity index (χ3v) is 3.97. The van der Waals surface area contributed by atoms with Gasteiger partial charge in [0.1, 0.15) is 5.75 Å². The molecule has 1 aromatic rings. The SMILES string of the molecule is C[C@@H](Oc1ccc(F)c(F)c1)C(=O)N1CCC(CC(N)=O)CC1. The van der Waals surface area contributed by atoms with Crippen molar-refractivity contribution in [2.24, 2.45) is 11.7 Å². The molecule has 1 saturated heterocycles. The summed E-state index contributed by atoms with van der Waals surface area (Å²) in [5.74, 6) is -2.22. The zero-order valence-electron chi connectivity index (χ0n) is 12.9. The first-order valence-corrected chi connectivity index (χ1v) is 7.55. The lowest BCUT2D eigenvalue weighted by molar-refractivity contribution is -0.139. The van der Waals surface area contributed by atoms with E-state index in [0.717, 1.165) is 12.1 Å². The van der Waals surface area contributed by atoms with Gasteiger partial charge in [-0.3, -0.25) is 9.59 Å². The maximum Gasteiger partial charge on any atom is 0.263 e. The second-order valence-corrected chi connectivity index (χ2v) is 5.78. The minimum absolute atomic E-state index is 0.105. The van der Waals surface area contributed by atoms with E-state index in [0.29, 0.717) is 32.4 Å². The van der Waals surface area contributed by atoms with Crippen molar-refractivity contribution in [2.75, 3.05) is 13.1 Å². The maximum atomic E-state index is 13.1. The number of carbonyl (C=O) groups is 2. The number of hydrogen-bond acceptors (Lipinski definition) is 3. The summed E-state index contributed by atoms with van der Waals surface area (Å²) in [6.07, 6.45) is 0.967. The first-order chi connectivity index (χ1) is 10.9. The number of nitrogens with zero attached hydrogens (tertiary/aromatic N) is 1. The minimum Gasteiger partial charge on any atom is -0.481 e. The average Bonchev–Trinajstić information content (AvgIpc) is 2.50. The lowest BCUT2D eigenvalue weighted by atomic mass is 9.93. The molecule has 23 heavy (non-hydrogen) atoms. The Morgan fingerprint density at radius 3 is 2.52 bits per heavy atom. The lowest BCUT2D eigenvalue weighted by Crippen LogP contribution is -2.45. The number of likely N-dealkylation sites (tertiary alicyclic amines) is 1. The first-order valence-electron chi connectivity index (χ1n) is 7.55. The predicted octanol–water partition coefficient (Wildman–Crippen LogP) is 1.85. The number of carbonyl (C=O) groups excluding carboxylic acids is 2. The van der Waals surface area contributed by atoms with E-state index < -0.39 is 17.7 Å². The molecule has 7 heteroatoms. The summed E-state index contributed by atoms with van der Waals surface area (Å²) in [5, 5.41) is 0. The fourth-order valence-corrected chi connectivity index (χ4v) is 2.70. The van der Waals surface area contributed by atoms with Crippen LogP contribution in [0.5, 0.6) is 5.75 Å². The highest BCUT2D eigenvalue weighted by atomic mass is 19.2. The fourth-order valence-electron chi connectivity index (χ4n) is 2.70. The van der Waals surface area contributed by atoms with Gasteiger partial charge in [0.05, 0.1) is 0 Å². The van der Waals surface area contributed by atoms with E-state index in [1.54, 1.807) is 11.8 Å². The number of rotatable bonds is 5. The van der Waals surface area contributed by atoms with Gasteiger partial charge in [-0.2, -0.15) is 0 Å². The van der Waals surface area contributed by atoms with Gasteiger partial charge in [0.25, 0.3) is 5.91 Å². The molecule has 1 fully saturated rings. The molecule has 2 amide bonds. The van der Waals surface area contributed by atoms with E-state index in [1.807, 2.05) is 0 Å². The summed E-state index contributed by atoms with van der Waals surface area (Å²) in [4.78, 5) is 24.9. The van der Waals surface area contributed by atoms with Gasteiger partial charge in [0.15, 0.2) is 17.7 Å². The van der Waals surface area contributed by atoms with Crippen molar-refractivity contribution in [1.82, 2.24) is 4.90 Å². The third-order valence-electron chi connectivity index (χ3n) is 3.97. The standard InChI is InChI=1S/C16H20F2N2O3/c1-10(23-12-2-3-13(17)14(18)9-12)16(22)20-6-4-11(5-7-20)8-15(19)21/h2-3,9-11H,4-8H2,1H3,(H2,19,21)/t10-/m1/s1. The Morgan fingerprint density at radius 1 is 1.30 bits per heavy atom. The van der Waals surface area contributed by atoms with Crippen molar-refractivity contribution >= 4 is 11.8 Å². The number of benzene rings is 1. The Bertz CT molecular complexity index is 587. The molecule has 0 saturated carbocycles. The highest BCUT2D eigenvalue weighted by Crippen LogP contribution is 2.22. The number of amides is 2. The van der Waals surface area contributed by atoms with Crippen LogP contribution in [0.1, 0.15) is 26.2 Å². The Balaban J connectivity index is 1.88. The maximum absolute atomic E-state index is 13.1. The number of nitrogens with two attached hydrogens (primary N) is 1. The average molecular weight is 326 g/mol. The number of primary amides is 1. The van der Waals surface area contributed by atoms with Crippen LogP contribution in [0.4, 0.5) is 8.78 Å². The number of piperidine rings is 1. The van der Waals surface area contributed by atoms with Crippen LogP contribution in [-0.4, -0.2) is 35.9 Å². The monoisotopic (exact) mass is 326 g/mol. The fraction of sp³-hybridized carbons (Fsp3) is 0.500. The quantitative estimate of drug-likeness (QED) is 0.897. The molecule has 1 aliphatic rings. The van der Waals surface area contributed by atoms with Crippen LogP contribution in [0.2, 0.25) is 0 Å². The molecule has 0 spiro atoms. The van der Waals surface area contributed by atoms with Gasteiger partial charge in [-0.15, -0.1) is 0 Å². The van der Waals surface area contributed by atoms with Crippen molar-refractivity contribution in [3.8, 4) is 5.75 Å². The number of ether oxygens (including phenoxy) is 1. The Hall–Kier alpha value is -2.18. The van der Waals surface area contributed by atoms with E-state index in [9.17, 15) is 18.4 Å². The van der Waals surface area contributed by atoms with Crippen LogP contribution in [0.25, 0.3) is 0 Å². The molecule has 0 unspecified atom stereocenters. The predicted molar refractivity (Wildman–Crippen MR) is 79.6 cm³/mol. The summed E-state index contributed by atoms with van der Waals surface area (Å²) < 4.78 is 31.4. The van der Waals surface area contributed by atoms with Crippen LogP contribution < -0.4 is 10.5 Å². The van der Waals surface area contributed by atoms with Gasteiger partial charge in [-0.1, -0.05) is 0 Å². The summed E-state index contributed by atoms with van der Waals surface area (Å²) in [6.45, 7) is 2.63. The first kappa shape index (κ1) is 17.2. The summed E-state index contributed by atoms with van der Waals surface area (Å²) in [7, 11) is 0. The highest BCUT2D eigenvalue weighted by molar-refractivity contribution is 5.81. The van der Waals surface area contributed by atoms with Crippen molar-refractivity contribution in [1.29, 1.82) is 0 Å². The van der Waals surface area contributed by atoms with Crippen LogP contribution in [0, 0.1) is 17.6 Å². The summed E-state index contributed by atoms with van der Waals surface area (Å²) in [6, 6.07) is 3.15. The summed E-state index contributed by atoms with van der Waals surface area (Å²) in [5.41, 5.74) is 5.18. The summed E-state index contributed by atoms with van der Waals surface area (Å²) >= 11 is 0. The molecule has 5 nitrogen and oxygen atoms in total. The van der Waals surface area contributed by atoms with E-state index in [4.69, 9.17) is 10.5 Å². The molecular weight excluding hydrogens is 306 g/mol. The van der Waals surface area contributed by atoms with Crippen LogP contribution in [0.15, 0.2) is 18.2 Å². The van der Waals surface area contributed by atoms with E-state index in [2.05, 4.69) is 0 Å². The molecule has 0 bridgehead atoms. The molecule has 2 N–H and O–H groups in total. The van der Waals surface area contributed by atoms with Gasteiger partial charge in [-0.25, -0.2) is 8.78 Å². The van der Waals surface area contributed by atoms with Gasteiger partial charge >= 0.3 is 0 Å². The van der Waals surface area contributed by atoms with E-state index >= 15 is 0 Å². The molecule has 0 radical (unpaired) electrons.